The molecule has 1 fully saturated rings. The number of amides is 1. The van der Waals surface area contributed by atoms with Crippen LogP contribution >= 0.6 is 0 Å². The molecule has 1 aliphatic heterocycles. The van der Waals surface area contributed by atoms with E-state index in [4.69, 9.17) is 9.26 Å². The largest absolute Gasteiger partial charge is 0.493 e. The van der Waals surface area contributed by atoms with Gasteiger partial charge in [-0.15, -0.1) is 0 Å². The van der Waals surface area contributed by atoms with Crippen LogP contribution in [0.15, 0.2) is 22.7 Å². The highest BCUT2D eigenvalue weighted by atomic mass is 16.5. The van der Waals surface area contributed by atoms with Gasteiger partial charge in [0, 0.05) is 24.4 Å². The van der Waals surface area contributed by atoms with E-state index in [1.165, 1.54) is 0 Å². The van der Waals surface area contributed by atoms with Gasteiger partial charge in [0.1, 0.15) is 5.75 Å². The Morgan fingerprint density at radius 3 is 3.04 bits per heavy atom. The van der Waals surface area contributed by atoms with Crippen LogP contribution in [0.3, 0.4) is 0 Å². The summed E-state index contributed by atoms with van der Waals surface area (Å²) in [4.78, 5) is 18.9. The van der Waals surface area contributed by atoms with Crippen molar-refractivity contribution in [3.63, 3.8) is 0 Å². The Hall–Kier alpha value is -2.37. The second-order valence-electron chi connectivity index (χ2n) is 6.06. The third kappa shape index (κ3) is 2.81. The summed E-state index contributed by atoms with van der Waals surface area (Å²) in [5.41, 5.74) is 1.78. The molecular formula is C17H19N3O3. The van der Waals surface area contributed by atoms with E-state index < -0.39 is 0 Å². The predicted octanol–water partition coefficient (Wildman–Crippen LogP) is 2.54. The molecule has 1 saturated carbocycles. The molecule has 1 aromatic carbocycles. The number of benzene rings is 1. The summed E-state index contributed by atoms with van der Waals surface area (Å²) in [7, 11) is 0. The van der Waals surface area contributed by atoms with Crippen LogP contribution in [0.5, 0.6) is 5.75 Å². The van der Waals surface area contributed by atoms with Crippen molar-refractivity contribution in [2.75, 3.05) is 13.2 Å². The first-order valence-electron chi connectivity index (χ1n) is 8.12. The standard InChI is InChI=1S/C17H19N3O3/c1-2-20(10-15-18-16(23-19-15)11-3-4-11)17(21)13-5-6-14-12(9-13)7-8-22-14/h5-6,9,11H,2-4,7-8,10H2,1H3. The Labute approximate surface area is 134 Å². The molecule has 0 spiro atoms. The van der Waals surface area contributed by atoms with E-state index >= 15 is 0 Å². The number of aromatic nitrogens is 2. The van der Waals surface area contributed by atoms with Crippen molar-refractivity contribution in [2.24, 2.45) is 0 Å². The normalized spacial score (nSPS) is 16.0. The van der Waals surface area contributed by atoms with E-state index in [9.17, 15) is 4.79 Å². The van der Waals surface area contributed by atoms with Gasteiger partial charge in [-0.25, -0.2) is 0 Å². The molecule has 0 radical (unpaired) electrons. The molecule has 1 amide bonds. The lowest BCUT2D eigenvalue weighted by Gasteiger charge is -2.19. The van der Waals surface area contributed by atoms with Crippen LogP contribution in [-0.2, 0) is 13.0 Å². The van der Waals surface area contributed by atoms with Crippen LogP contribution < -0.4 is 4.74 Å². The third-order valence-corrected chi connectivity index (χ3v) is 4.35. The molecule has 1 aromatic heterocycles. The second-order valence-corrected chi connectivity index (χ2v) is 6.06. The van der Waals surface area contributed by atoms with E-state index in [-0.39, 0.29) is 5.91 Å². The molecule has 0 saturated heterocycles. The summed E-state index contributed by atoms with van der Waals surface area (Å²) >= 11 is 0. The number of carbonyl (C=O) groups is 1. The number of ether oxygens (including phenoxy) is 1. The zero-order valence-electron chi connectivity index (χ0n) is 13.1. The molecule has 0 unspecified atom stereocenters. The van der Waals surface area contributed by atoms with Crippen LogP contribution in [-0.4, -0.2) is 34.1 Å². The lowest BCUT2D eigenvalue weighted by molar-refractivity contribution is 0.0747. The maximum Gasteiger partial charge on any atom is 0.254 e. The van der Waals surface area contributed by atoms with Gasteiger partial charge in [-0.2, -0.15) is 4.98 Å². The smallest absolute Gasteiger partial charge is 0.254 e. The predicted molar refractivity (Wildman–Crippen MR) is 82.3 cm³/mol. The molecule has 6 heteroatoms. The summed E-state index contributed by atoms with van der Waals surface area (Å²) < 4.78 is 10.8. The molecule has 2 aromatic rings. The van der Waals surface area contributed by atoms with Gasteiger partial charge in [-0.1, -0.05) is 5.16 Å². The Morgan fingerprint density at radius 1 is 1.39 bits per heavy atom. The van der Waals surface area contributed by atoms with Crippen LogP contribution in [0.1, 0.15) is 53.3 Å². The number of carbonyl (C=O) groups excluding carboxylic acids is 1. The maximum absolute atomic E-state index is 12.7. The second kappa shape index (κ2) is 5.68. The van der Waals surface area contributed by atoms with Crippen molar-refractivity contribution in [1.82, 2.24) is 15.0 Å². The molecule has 0 atom stereocenters. The number of nitrogens with zero attached hydrogens (tertiary/aromatic N) is 3. The first-order valence-corrected chi connectivity index (χ1v) is 8.12. The molecule has 23 heavy (non-hydrogen) atoms. The average molecular weight is 313 g/mol. The van der Waals surface area contributed by atoms with Crippen molar-refractivity contribution < 1.29 is 14.1 Å². The fraction of sp³-hybridized carbons (Fsp3) is 0.471. The van der Waals surface area contributed by atoms with Gasteiger partial charge in [-0.05, 0) is 43.5 Å². The lowest BCUT2D eigenvalue weighted by atomic mass is 10.1. The summed E-state index contributed by atoms with van der Waals surface area (Å²) in [6.07, 6.45) is 3.10. The maximum atomic E-state index is 12.7. The number of rotatable bonds is 5. The molecule has 2 heterocycles. The molecular weight excluding hydrogens is 294 g/mol. The molecule has 6 nitrogen and oxygen atoms in total. The first kappa shape index (κ1) is 14.2. The molecule has 0 bridgehead atoms. The summed E-state index contributed by atoms with van der Waals surface area (Å²) in [5.74, 6) is 2.58. The quantitative estimate of drug-likeness (QED) is 0.848. The Balaban J connectivity index is 1.50. The zero-order chi connectivity index (χ0) is 15.8. The van der Waals surface area contributed by atoms with Gasteiger partial charge in [0.25, 0.3) is 5.91 Å². The highest BCUT2D eigenvalue weighted by Gasteiger charge is 2.30. The van der Waals surface area contributed by atoms with E-state index in [0.717, 1.165) is 30.6 Å². The van der Waals surface area contributed by atoms with E-state index in [1.807, 2.05) is 25.1 Å². The minimum atomic E-state index is -0.0139. The third-order valence-electron chi connectivity index (χ3n) is 4.35. The SMILES string of the molecule is CCN(Cc1noc(C2CC2)n1)C(=O)c1ccc2c(c1)CCO2. The fourth-order valence-electron chi connectivity index (χ4n) is 2.83. The van der Waals surface area contributed by atoms with Gasteiger partial charge < -0.3 is 14.2 Å². The Kier molecular flexibility index (Phi) is 3.52. The number of hydrogen-bond acceptors (Lipinski definition) is 5. The van der Waals surface area contributed by atoms with Crippen LogP contribution in [0.2, 0.25) is 0 Å². The van der Waals surface area contributed by atoms with Crippen LogP contribution in [0.25, 0.3) is 0 Å². The summed E-state index contributed by atoms with van der Waals surface area (Å²) in [6.45, 7) is 3.62. The highest BCUT2D eigenvalue weighted by Crippen LogP contribution is 2.38. The first-order chi connectivity index (χ1) is 11.2. The van der Waals surface area contributed by atoms with Crippen molar-refractivity contribution in [3.8, 4) is 5.75 Å². The molecule has 120 valence electrons. The van der Waals surface area contributed by atoms with Gasteiger partial charge in [0.05, 0.1) is 13.2 Å². The number of fused-ring (bicyclic) bond motifs is 1. The van der Waals surface area contributed by atoms with Crippen molar-refractivity contribution in [1.29, 1.82) is 0 Å². The van der Waals surface area contributed by atoms with Crippen molar-refractivity contribution in [2.45, 2.75) is 38.6 Å². The van der Waals surface area contributed by atoms with Gasteiger partial charge in [-0.3, -0.25) is 4.79 Å². The summed E-state index contributed by atoms with van der Waals surface area (Å²) in [5, 5.41) is 4.00. The van der Waals surface area contributed by atoms with Crippen LogP contribution in [0, 0.1) is 0 Å². The van der Waals surface area contributed by atoms with E-state index in [0.29, 0.717) is 42.9 Å². The topological polar surface area (TPSA) is 68.5 Å². The Bertz CT molecular complexity index is 736. The average Bonchev–Trinajstić information content (AvgIpc) is 3.14. The monoisotopic (exact) mass is 313 g/mol. The van der Waals surface area contributed by atoms with E-state index in [2.05, 4.69) is 10.1 Å². The Morgan fingerprint density at radius 2 is 2.26 bits per heavy atom. The van der Waals surface area contributed by atoms with Gasteiger partial charge in [0.2, 0.25) is 5.89 Å². The highest BCUT2D eigenvalue weighted by molar-refractivity contribution is 5.94. The lowest BCUT2D eigenvalue weighted by Crippen LogP contribution is -2.30. The van der Waals surface area contributed by atoms with Crippen LogP contribution in [0.4, 0.5) is 0 Å². The minimum Gasteiger partial charge on any atom is -0.493 e. The molecule has 4 rings (SSSR count). The van der Waals surface area contributed by atoms with Crippen molar-refractivity contribution >= 4 is 5.91 Å². The van der Waals surface area contributed by atoms with Gasteiger partial charge >= 0.3 is 0 Å². The molecule has 0 N–H and O–H groups in total. The minimum absolute atomic E-state index is 0.0139. The summed E-state index contributed by atoms with van der Waals surface area (Å²) in [6, 6.07) is 5.63. The van der Waals surface area contributed by atoms with Crippen molar-refractivity contribution in [3.05, 3.63) is 41.0 Å². The zero-order valence-corrected chi connectivity index (χ0v) is 13.1. The molecule has 1 aliphatic carbocycles. The fourth-order valence-corrected chi connectivity index (χ4v) is 2.83. The van der Waals surface area contributed by atoms with E-state index in [1.54, 1.807) is 4.90 Å². The molecule has 2 aliphatic rings. The number of hydrogen-bond donors (Lipinski definition) is 0. The van der Waals surface area contributed by atoms with Gasteiger partial charge in [0.15, 0.2) is 5.82 Å².